The van der Waals surface area contributed by atoms with E-state index in [4.69, 9.17) is 4.74 Å². The summed E-state index contributed by atoms with van der Waals surface area (Å²) in [7, 11) is 4.24. The van der Waals surface area contributed by atoms with Crippen molar-refractivity contribution in [3.8, 4) is 0 Å². The summed E-state index contributed by atoms with van der Waals surface area (Å²) >= 11 is 2.10. The first-order valence-electron chi connectivity index (χ1n) is 9.03. The Bertz CT molecular complexity index is 525. The van der Waals surface area contributed by atoms with Gasteiger partial charge in [-0.05, 0) is 30.7 Å². The van der Waals surface area contributed by atoms with Crippen LogP contribution in [0.2, 0.25) is 0 Å². The van der Waals surface area contributed by atoms with Crippen LogP contribution in [0.3, 0.4) is 0 Å². The molecule has 2 aliphatic heterocycles. The van der Waals surface area contributed by atoms with Crippen LogP contribution in [0.5, 0.6) is 0 Å². The standard InChI is InChI=1S/C19H31N3OS/c1-16(17-6-4-5-7-18(17)21(2)3)20-14-19(8-13-24-15-19)22-9-11-23-12-10-22/h4-7,16,20H,8-15H2,1-3H3/t16-,19+/m1/s1. The van der Waals surface area contributed by atoms with E-state index in [0.717, 1.165) is 32.8 Å². The third-order valence-corrected chi connectivity index (χ3v) is 6.62. The number of benzene rings is 1. The lowest BCUT2D eigenvalue weighted by Crippen LogP contribution is -2.58. The highest BCUT2D eigenvalue weighted by atomic mass is 32.2. The number of nitrogens with one attached hydrogen (secondary N) is 1. The third-order valence-electron chi connectivity index (χ3n) is 5.39. The first-order valence-corrected chi connectivity index (χ1v) is 10.2. The number of nitrogens with zero attached hydrogens (tertiary/aromatic N) is 2. The second kappa shape index (κ2) is 8.09. The monoisotopic (exact) mass is 349 g/mol. The highest BCUT2D eigenvalue weighted by molar-refractivity contribution is 7.99. The molecule has 1 aromatic rings. The summed E-state index contributed by atoms with van der Waals surface area (Å²) in [5.41, 5.74) is 2.99. The predicted octanol–water partition coefficient (Wildman–Crippen LogP) is 2.61. The van der Waals surface area contributed by atoms with Crippen molar-refractivity contribution in [2.45, 2.75) is 24.9 Å². The van der Waals surface area contributed by atoms with Crippen LogP contribution >= 0.6 is 11.8 Å². The molecule has 2 atom stereocenters. The van der Waals surface area contributed by atoms with Gasteiger partial charge in [-0.1, -0.05) is 18.2 Å². The van der Waals surface area contributed by atoms with Crippen molar-refractivity contribution in [3.63, 3.8) is 0 Å². The van der Waals surface area contributed by atoms with Gasteiger partial charge in [0.25, 0.3) is 0 Å². The first kappa shape index (κ1) is 18.1. The maximum atomic E-state index is 5.57. The van der Waals surface area contributed by atoms with Crippen LogP contribution in [0.1, 0.15) is 24.9 Å². The first-order chi connectivity index (χ1) is 11.6. The minimum atomic E-state index is 0.301. The Morgan fingerprint density at radius 2 is 2.04 bits per heavy atom. The van der Waals surface area contributed by atoms with Gasteiger partial charge in [-0.15, -0.1) is 0 Å². The molecule has 0 spiro atoms. The maximum Gasteiger partial charge on any atom is 0.0594 e. The molecule has 2 heterocycles. The zero-order chi connectivity index (χ0) is 17.0. The Morgan fingerprint density at radius 1 is 1.29 bits per heavy atom. The van der Waals surface area contributed by atoms with Gasteiger partial charge in [0.05, 0.1) is 13.2 Å². The lowest BCUT2D eigenvalue weighted by Gasteiger charge is -2.43. The number of thioether (sulfide) groups is 1. The summed E-state index contributed by atoms with van der Waals surface area (Å²) in [5, 5.41) is 3.85. The van der Waals surface area contributed by atoms with Gasteiger partial charge in [0, 0.05) is 56.8 Å². The molecule has 24 heavy (non-hydrogen) atoms. The second-order valence-electron chi connectivity index (χ2n) is 7.18. The van der Waals surface area contributed by atoms with Crippen LogP contribution in [-0.2, 0) is 4.74 Å². The van der Waals surface area contributed by atoms with Gasteiger partial charge in [-0.3, -0.25) is 4.90 Å². The van der Waals surface area contributed by atoms with Gasteiger partial charge in [-0.25, -0.2) is 0 Å². The van der Waals surface area contributed by atoms with Crippen molar-refractivity contribution in [2.24, 2.45) is 0 Å². The zero-order valence-corrected chi connectivity index (χ0v) is 16.1. The molecule has 1 aromatic carbocycles. The van der Waals surface area contributed by atoms with E-state index in [0.29, 0.717) is 11.6 Å². The molecule has 4 nitrogen and oxygen atoms in total. The summed E-state index contributed by atoms with van der Waals surface area (Å²) in [6.45, 7) is 7.26. The molecule has 5 heteroatoms. The van der Waals surface area contributed by atoms with Crippen LogP contribution < -0.4 is 10.2 Å². The zero-order valence-electron chi connectivity index (χ0n) is 15.3. The number of rotatable bonds is 6. The molecule has 134 valence electrons. The van der Waals surface area contributed by atoms with Crippen LogP contribution in [0.25, 0.3) is 0 Å². The average Bonchev–Trinajstić information content (AvgIpc) is 3.10. The van der Waals surface area contributed by atoms with E-state index in [1.54, 1.807) is 0 Å². The van der Waals surface area contributed by atoms with Gasteiger partial charge in [0.1, 0.15) is 0 Å². The number of anilines is 1. The van der Waals surface area contributed by atoms with E-state index in [1.807, 2.05) is 0 Å². The van der Waals surface area contributed by atoms with E-state index >= 15 is 0 Å². The highest BCUT2D eigenvalue weighted by Gasteiger charge is 2.40. The smallest absolute Gasteiger partial charge is 0.0594 e. The molecule has 0 unspecified atom stereocenters. The van der Waals surface area contributed by atoms with E-state index in [-0.39, 0.29) is 0 Å². The van der Waals surface area contributed by atoms with Crippen LogP contribution in [-0.4, -0.2) is 68.9 Å². The topological polar surface area (TPSA) is 27.7 Å². The molecule has 2 saturated heterocycles. The number of ether oxygens (including phenoxy) is 1. The van der Waals surface area contributed by atoms with Crippen molar-refractivity contribution in [2.75, 3.05) is 63.3 Å². The highest BCUT2D eigenvalue weighted by Crippen LogP contribution is 2.34. The molecule has 2 aliphatic rings. The number of morpholine rings is 1. The van der Waals surface area contributed by atoms with E-state index in [2.05, 4.69) is 72.2 Å². The number of hydrogen-bond donors (Lipinski definition) is 1. The molecule has 3 rings (SSSR count). The Labute approximate surface area is 150 Å². The normalized spacial score (nSPS) is 26.5. The SMILES string of the molecule is C[C@@H](NC[C@@]1(N2CCOCC2)CCSC1)c1ccccc1N(C)C. The molecule has 0 amide bonds. The minimum Gasteiger partial charge on any atom is -0.379 e. The molecule has 0 radical (unpaired) electrons. The van der Waals surface area contributed by atoms with Crippen molar-refractivity contribution in [3.05, 3.63) is 29.8 Å². The summed E-state index contributed by atoms with van der Waals surface area (Å²) in [6, 6.07) is 9.07. The molecule has 0 aliphatic carbocycles. The maximum absolute atomic E-state index is 5.57. The van der Waals surface area contributed by atoms with Crippen LogP contribution in [0, 0.1) is 0 Å². The van der Waals surface area contributed by atoms with Gasteiger partial charge >= 0.3 is 0 Å². The lowest BCUT2D eigenvalue weighted by molar-refractivity contribution is -0.0139. The Morgan fingerprint density at radius 3 is 2.71 bits per heavy atom. The summed E-state index contributed by atoms with van der Waals surface area (Å²) < 4.78 is 5.57. The quantitative estimate of drug-likeness (QED) is 0.852. The Balaban J connectivity index is 1.68. The molecular formula is C19H31N3OS. The summed E-state index contributed by atoms with van der Waals surface area (Å²) in [4.78, 5) is 4.88. The van der Waals surface area contributed by atoms with E-state index in [1.165, 1.54) is 29.2 Å². The molecule has 0 bridgehead atoms. The lowest BCUT2D eigenvalue weighted by atomic mass is 9.94. The van der Waals surface area contributed by atoms with Crippen LogP contribution in [0.15, 0.2) is 24.3 Å². The largest absolute Gasteiger partial charge is 0.379 e. The fraction of sp³-hybridized carbons (Fsp3) is 0.684. The van der Waals surface area contributed by atoms with Crippen molar-refractivity contribution in [1.82, 2.24) is 10.2 Å². The predicted molar refractivity (Wildman–Crippen MR) is 104 cm³/mol. The average molecular weight is 350 g/mol. The summed E-state index contributed by atoms with van der Waals surface area (Å²) in [5.74, 6) is 2.52. The molecule has 0 aromatic heterocycles. The molecule has 0 saturated carbocycles. The van der Waals surface area contributed by atoms with Gasteiger partial charge in [0.15, 0.2) is 0 Å². The number of para-hydroxylation sites is 1. The Kier molecular flexibility index (Phi) is 6.08. The van der Waals surface area contributed by atoms with E-state index in [9.17, 15) is 0 Å². The van der Waals surface area contributed by atoms with Crippen molar-refractivity contribution < 1.29 is 4.74 Å². The summed E-state index contributed by atoms with van der Waals surface area (Å²) in [6.07, 6.45) is 1.28. The van der Waals surface area contributed by atoms with Gasteiger partial charge in [-0.2, -0.15) is 11.8 Å². The van der Waals surface area contributed by atoms with Gasteiger partial charge in [0.2, 0.25) is 0 Å². The Hall–Kier alpha value is -0.750. The molecular weight excluding hydrogens is 318 g/mol. The fourth-order valence-electron chi connectivity index (χ4n) is 3.85. The van der Waals surface area contributed by atoms with Crippen molar-refractivity contribution in [1.29, 1.82) is 0 Å². The molecule has 2 fully saturated rings. The van der Waals surface area contributed by atoms with Crippen molar-refractivity contribution >= 4 is 17.4 Å². The van der Waals surface area contributed by atoms with E-state index < -0.39 is 0 Å². The van der Waals surface area contributed by atoms with Gasteiger partial charge < -0.3 is 15.0 Å². The second-order valence-corrected chi connectivity index (χ2v) is 8.29. The fourth-order valence-corrected chi connectivity index (χ4v) is 5.33. The molecule has 1 N–H and O–H groups in total. The number of hydrogen-bond acceptors (Lipinski definition) is 5. The van der Waals surface area contributed by atoms with Crippen LogP contribution in [0.4, 0.5) is 5.69 Å². The minimum absolute atomic E-state index is 0.301. The third kappa shape index (κ3) is 3.90.